The Balaban J connectivity index is 0.000000191. The molecule has 2 aromatic rings. The molecule has 0 aromatic carbocycles. The van der Waals surface area contributed by atoms with E-state index in [2.05, 4.69) is 72.0 Å². The van der Waals surface area contributed by atoms with Gasteiger partial charge in [0, 0.05) is 29.8 Å². The van der Waals surface area contributed by atoms with Crippen molar-refractivity contribution < 1.29 is 0 Å². The molecule has 2 aromatic heterocycles. The number of nitrogens with one attached hydrogen (secondary N) is 1. The molecule has 0 aliphatic carbocycles. The normalized spacial score (nSPS) is 10.4. The molecule has 0 unspecified atom stereocenters. The van der Waals surface area contributed by atoms with Gasteiger partial charge < -0.3 is 9.55 Å². The van der Waals surface area contributed by atoms with Crippen molar-refractivity contribution in [2.24, 2.45) is 7.05 Å². The van der Waals surface area contributed by atoms with Gasteiger partial charge in [-0.2, -0.15) is 0 Å². The molecule has 2 rings (SSSR count). The van der Waals surface area contributed by atoms with Crippen LogP contribution < -0.4 is 0 Å². The number of aryl methyl sites for hydroxylation is 2. The summed E-state index contributed by atoms with van der Waals surface area (Å²) in [5.74, 6) is 0. The Morgan fingerprint density at radius 2 is 0.895 bits per heavy atom. The molecule has 0 fully saturated rings. The average molecular weight is 260 g/mol. The van der Waals surface area contributed by atoms with Crippen molar-refractivity contribution in [1.29, 1.82) is 0 Å². The highest BCUT2D eigenvalue weighted by Crippen LogP contribution is 2.18. The number of hydrogen-bond acceptors (Lipinski definition) is 0. The van der Waals surface area contributed by atoms with Crippen LogP contribution in [0.3, 0.4) is 0 Å². The summed E-state index contributed by atoms with van der Waals surface area (Å²) in [6, 6.07) is 0. The fraction of sp³-hybridized carbons (Fsp3) is 0.529. The molecule has 0 aliphatic heterocycles. The van der Waals surface area contributed by atoms with E-state index in [4.69, 9.17) is 0 Å². The van der Waals surface area contributed by atoms with Crippen molar-refractivity contribution in [3.63, 3.8) is 0 Å². The highest BCUT2D eigenvalue weighted by atomic mass is 15.0. The molecule has 0 spiro atoms. The van der Waals surface area contributed by atoms with E-state index in [1.807, 2.05) is 0 Å². The summed E-state index contributed by atoms with van der Waals surface area (Å²) in [6.07, 6.45) is 0. The van der Waals surface area contributed by atoms with E-state index in [1.54, 1.807) is 0 Å². The standard InChI is InChI=1S/C9H15N.C8H13N/c1-6-7(2)9(4)10(5)8(6)3;1-5-6(2)8(4)9-7(5)3/h1-5H3;9H,1-4H3. The second-order valence-electron chi connectivity index (χ2n) is 5.60. The lowest BCUT2D eigenvalue weighted by atomic mass is 10.2. The third-order valence-corrected chi connectivity index (χ3v) is 4.72. The lowest BCUT2D eigenvalue weighted by molar-refractivity contribution is 0.838. The summed E-state index contributed by atoms with van der Waals surface area (Å²) in [7, 11) is 2.12. The van der Waals surface area contributed by atoms with Crippen LogP contribution in [0, 0.1) is 55.4 Å². The third-order valence-electron chi connectivity index (χ3n) is 4.72. The molecule has 0 aliphatic rings. The van der Waals surface area contributed by atoms with Gasteiger partial charge in [0.2, 0.25) is 0 Å². The van der Waals surface area contributed by atoms with Crippen molar-refractivity contribution in [1.82, 2.24) is 9.55 Å². The fourth-order valence-electron chi connectivity index (χ4n) is 2.33. The van der Waals surface area contributed by atoms with E-state index in [9.17, 15) is 0 Å². The minimum absolute atomic E-state index is 1.30. The number of aromatic nitrogens is 2. The van der Waals surface area contributed by atoms with Gasteiger partial charge in [0.05, 0.1) is 0 Å². The van der Waals surface area contributed by atoms with Gasteiger partial charge in [-0.15, -0.1) is 0 Å². The van der Waals surface area contributed by atoms with E-state index in [0.717, 1.165) is 0 Å². The predicted molar refractivity (Wildman–Crippen MR) is 84.1 cm³/mol. The van der Waals surface area contributed by atoms with E-state index in [1.165, 1.54) is 45.0 Å². The van der Waals surface area contributed by atoms with Gasteiger partial charge in [0.1, 0.15) is 0 Å². The van der Waals surface area contributed by atoms with Crippen LogP contribution in [-0.2, 0) is 7.05 Å². The molecule has 19 heavy (non-hydrogen) atoms. The number of H-pyrrole nitrogens is 1. The van der Waals surface area contributed by atoms with Crippen LogP contribution >= 0.6 is 0 Å². The zero-order valence-corrected chi connectivity index (χ0v) is 13.9. The van der Waals surface area contributed by atoms with Crippen LogP contribution in [0.2, 0.25) is 0 Å². The first kappa shape index (κ1) is 15.6. The average Bonchev–Trinajstić information content (AvgIpc) is 2.69. The minimum Gasteiger partial charge on any atom is -0.362 e. The van der Waals surface area contributed by atoms with Gasteiger partial charge >= 0.3 is 0 Å². The summed E-state index contributed by atoms with van der Waals surface area (Å²) in [4.78, 5) is 3.28. The molecule has 0 saturated heterocycles. The number of nitrogens with zero attached hydrogens (tertiary/aromatic N) is 1. The topological polar surface area (TPSA) is 20.7 Å². The van der Waals surface area contributed by atoms with Crippen molar-refractivity contribution >= 4 is 0 Å². The Morgan fingerprint density at radius 3 is 1.00 bits per heavy atom. The largest absolute Gasteiger partial charge is 0.362 e. The van der Waals surface area contributed by atoms with Crippen LogP contribution in [0.4, 0.5) is 0 Å². The molecule has 2 nitrogen and oxygen atoms in total. The zero-order chi connectivity index (χ0) is 14.9. The molecule has 0 amide bonds. The molecule has 106 valence electrons. The summed E-state index contributed by atoms with van der Waals surface area (Å²) in [5, 5.41) is 0. The highest BCUT2D eigenvalue weighted by molar-refractivity contribution is 5.34. The van der Waals surface area contributed by atoms with Gasteiger partial charge in [-0.1, -0.05) is 0 Å². The first-order chi connectivity index (χ1) is 8.68. The summed E-state index contributed by atoms with van der Waals surface area (Å²) < 4.78 is 2.24. The summed E-state index contributed by atoms with van der Waals surface area (Å²) in [5.41, 5.74) is 11.0. The second kappa shape index (κ2) is 5.68. The van der Waals surface area contributed by atoms with Crippen LogP contribution in [0.5, 0.6) is 0 Å². The predicted octanol–water partition coefficient (Wildman–Crippen LogP) is 4.51. The van der Waals surface area contributed by atoms with Crippen LogP contribution in [0.15, 0.2) is 0 Å². The Kier molecular flexibility index (Phi) is 4.67. The van der Waals surface area contributed by atoms with Gasteiger partial charge in [0.25, 0.3) is 0 Å². The maximum absolute atomic E-state index is 3.28. The van der Waals surface area contributed by atoms with Gasteiger partial charge in [-0.25, -0.2) is 0 Å². The third kappa shape index (κ3) is 2.94. The number of aromatic amines is 1. The summed E-state index contributed by atoms with van der Waals surface area (Å²) >= 11 is 0. The van der Waals surface area contributed by atoms with Gasteiger partial charge in [-0.05, 0) is 77.6 Å². The lowest BCUT2D eigenvalue weighted by Gasteiger charge is -1.98. The fourth-order valence-corrected chi connectivity index (χ4v) is 2.33. The van der Waals surface area contributed by atoms with Crippen molar-refractivity contribution in [3.05, 3.63) is 45.0 Å². The van der Waals surface area contributed by atoms with Gasteiger partial charge in [0.15, 0.2) is 0 Å². The minimum atomic E-state index is 1.30. The molecule has 0 bridgehead atoms. The smallest absolute Gasteiger partial charge is 0.0175 e. The van der Waals surface area contributed by atoms with Crippen molar-refractivity contribution in [3.8, 4) is 0 Å². The maximum atomic E-state index is 3.28. The second-order valence-corrected chi connectivity index (χ2v) is 5.60. The first-order valence-electron chi connectivity index (χ1n) is 6.89. The molecular weight excluding hydrogens is 232 g/mol. The maximum Gasteiger partial charge on any atom is 0.0175 e. The highest BCUT2D eigenvalue weighted by Gasteiger charge is 2.06. The SMILES string of the molecule is Cc1[nH]c(C)c(C)c1C.Cc1c(C)c(C)n(C)c1C. The Labute approximate surface area is 117 Å². The van der Waals surface area contributed by atoms with Crippen molar-refractivity contribution in [2.75, 3.05) is 0 Å². The van der Waals surface area contributed by atoms with E-state index >= 15 is 0 Å². The van der Waals surface area contributed by atoms with Crippen LogP contribution in [-0.4, -0.2) is 9.55 Å². The monoisotopic (exact) mass is 260 g/mol. The Hall–Kier alpha value is -1.44. The van der Waals surface area contributed by atoms with Crippen LogP contribution in [0.25, 0.3) is 0 Å². The quantitative estimate of drug-likeness (QED) is 0.719. The molecule has 0 saturated carbocycles. The number of rotatable bonds is 0. The number of hydrogen-bond donors (Lipinski definition) is 1. The van der Waals surface area contributed by atoms with E-state index in [0.29, 0.717) is 0 Å². The Bertz CT molecular complexity index is 480. The Morgan fingerprint density at radius 1 is 0.579 bits per heavy atom. The van der Waals surface area contributed by atoms with Crippen molar-refractivity contribution in [2.45, 2.75) is 55.4 Å². The molecule has 0 atom stereocenters. The molecule has 0 radical (unpaired) electrons. The van der Waals surface area contributed by atoms with E-state index < -0.39 is 0 Å². The van der Waals surface area contributed by atoms with Crippen LogP contribution in [0.1, 0.15) is 45.0 Å². The van der Waals surface area contributed by atoms with Gasteiger partial charge in [-0.3, -0.25) is 0 Å². The van der Waals surface area contributed by atoms with E-state index in [-0.39, 0.29) is 0 Å². The summed E-state index contributed by atoms with van der Waals surface area (Å²) in [6.45, 7) is 17.2. The molecular formula is C17H28N2. The molecule has 2 heterocycles. The lowest BCUT2D eigenvalue weighted by Crippen LogP contribution is -1.92. The first-order valence-corrected chi connectivity index (χ1v) is 6.89. The molecule has 1 N–H and O–H groups in total. The molecule has 2 heteroatoms. The zero-order valence-electron chi connectivity index (χ0n) is 13.9.